The van der Waals surface area contributed by atoms with E-state index in [1.54, 1.807) is 0 Å². The number of hydrogen-bond donors (Lipinski definition) is 1. The van der Waals surface area contributed by atoms with E-state index in [2.05, 4.69) is 9.36 Å². The van der Waals surface area contributed by atoms with E-state index >= 15 is 0 Å². The van der Waals surface area contributed by atoms with Crippen LogP contribution in [-0.4, -0.2) is 20.4 Å². The molecule has 0 saturated heterocycles. The third kappa shape index (κ3) is 2.88. The molecule has 17 heavy (non-hydrogen) atoms. The summed E-state index contributed by atoms with van der Waals surface area (Å²) in [6, 6.07) is 7.86. The molecule has 0 aliphatic rings. The molecule has 1 heterocycles. The first-order valence-electron chi connectivity index (χ1n) is 5.21. The van der Waals surface area contributed by atoms with Crippen molar-refractivity contribution in [1.29, 1.82) is 0 Å². The number of carboxylic acids is 1. The normalized spacial score (nSPS) is 12.3. The largest absolute Gasteiger partial charge is 0.481 e. The number of aryl methyl sites for hydroxylation is 1. The van der Waals surface area contributed by atoms with Gasteiger partial charge < -0.3 is 5.11 Å². The summed E-state index contributed by atoms with van der Waals surface area (Å²) in [6.45, 7) is 2.00. The molecule has 0 saturated carbocycles. The number of carbonyl (C=O) groups is 1. The standard InChI is InChI=1S/C12H12N2O2S/c1-8-2-4-9(5-3-8)6-10(12(15)16)11-13-7-14-17-11/h2-5,7,10H,6H2,1H3,(H,15,16). The predicted octanol–water partition coefficient (Wildman–Crippen LogP) is 2.26. The van der Waals surface area contributed by atoms with Crippen molar-refractivity contribution in [2.24, 2.45) is 0 Å². The van der Waals surface area contributed by atoms with Crippen LogP contribution < -0.4 is 0 Å². The molecule has 0 amide bonds. The van der Waals surface area contributed by atoms with Gasteiger partial charge in [-0.05, 0) is 30.4 Å². The Kier molecular flexibility index (Phi) is 3.49. The van der Waals surface area contributed by atoms with E-state index < -0.39 is 11.9 Å². The van der Waals surface area contributed by atoms with E-state index in [1.165, 1.54) is 6.33 Å². The minimum Gasteiger partial charge on any atom is -0.481 e. The molecular weight excluding hydrogens is 236 g/mol. The van der Waals surface area contributed by atoms with Gasteiger partial charge in [0.1, 0.15) is 17.3 Å². The Balaban J connectivity index is 2.19. The summed E-state index contributed by atoms with van der Waals surface area (Å²) in [7, 11) is 0. The third-order valence-corrected chi connectivity index (χ3v) is 3.31. The zero-order chi connectivity index (χ0) is 12.3. The molecule has 0 aliphatic carbocycles. The van der Waals surface area contributed by atoms with Gasteiger partial charge in [-0.2, -0.15) is 4.37 Å². The topological polar surface area (TPSA) is 63.1 Å². The van der Waals surface area contributed by atoms with E-state index in [9.17, 15) is 9.90 Å². The highest BCUT2D eigenvalue weighted by atomic mass is 32.1. The number of nitrogens with zero attached hydrogens (tertiary/aromatic N) is 2. The summed E-state index contributed by atoms with van der Waals surface area (Å²) in [5.74, 6) is -1.47. The molecule has 1 atom stereocenters. The van der Waals surface area contributed by atoms with E-state index in [0.717, 1.165) is 22.7 Å². The van der Waals surface area contributed by atoms with Crippen LogP contribution in [0.5, 0.6) is 0 Å². The SMILES string of the molecule is Cc1ccc(CC(C(=O)O)c2ncns2)cc1. The van der Waals surface area contributed by atoms with Crippen LogP contribution >= 0.6 is 11.5 Å². The van der Waals surface area contributed by atoms with E-state index in [1.807, 2.05) is 31.2 Å². The molecule has 5 heteroatoms. The second-order valence-electron chi connectivity index (χ2n) is 3.86. The summed E-state index contributed by atoms with van der Waals surface area (Å²) in [5.41, 5.74) is 2.16. The molecule has 1 aromatic carbocycles. The molecule has 2 aromatic rings. The van der Waals surface area contributed by atoms with E-state index in [-0.39, 0.29) is 0 Å². The van der Waals surface area contributed by atoms with Crippen molar-refractivity contribution < 1.29 is 9.90 Å². The van der Waals surface area contributed by atoms with Crippen LogP contribution in [0.4, 0.5) is 0 Å². The molecule has 0 radical (unpaired) electrons. The Hall–Kier alpha value is -1.75. The molecule has 1 unspecified atom stereocenters. The Morgan fingerprint density at radius 1 is 1.41 bits per heavy atom. The van der Waals surface area contributed by atoms with Crippen LogP contribution in [0.25, 0.3) is 0 Å². The maximum atomic E-state index is 11.2. The minimum absolute atomic E-state index is 0.449. The maximum Gasteiger partial charge on any atom is 0.313 e. The third-order valence-electron chi connectivity index (χ3n) is 2.53. The van der Waals surface area contributed by atoms with Crippen molar-refractivity contribution in [1.82, 2.24) is 9.36 Å². The highest BCUT2D eigenvalue weighted by molar-refractivity contribution is 7.05. The molecule has 0 bridgehead atoms. The van der Waals surface area contributed by atoms with Gasteiger partial charge in [0.2, 0.25) is 0 Å². The van der Waals surface area contributed by atoms with Crippen LogP contribution in [0.3, 0.4) is 0 Å². The fourth-order valence-corrected chi connectivity index (χ4v) is 2.18. The number of aromatic nitrogens is 2. The van der Waals surface area contributed by atoms with Crippen LogP contribution in [0, 0.1) is 6.92 Å². The quantitative estimate of drug-likeness (QED) is 0.901. The Bertz CT molecular complexity index is 494. The van der Waals surface area contributed by atoms with Gasteiger partial charge in [0, 0.05) is 0 Å². The molecule has 0 aliphatic heterocycles. The number of benzene rings is 1. The summed E-state index contributed by atoms with van der Waals surface area (Å²) >= 11 is 1.14. The average Bonchev–Trinajstić information content (AvgIpc) is 2.81. The molecule has 0 fully saturated rings. The summed E-state index contributed by atoms with van der Waals surface area (Å²) in [5, 5.41) is 9.75. The zero-order valence-corrected chi connectivity index (χ0v) is 10.1. The Morgan fingerprint density at radius 3 is 2.65 bits per heavy atom. The monoisotopic (exact) mass is 248 g/mol. The van der Waals surface area contributed by atoms with Crippen molar-refractivity contribution in [3.05, 3.63) is 46.7 Å². The molecule has 4 nitrogen and oxygen atoms in total. The first kappa shape index (κ1) is 11.7. The van der Waals surface area contributed by atoms with Crippen LogP contribution in [0.2, 0.25) is 0 Å². The number of hydrogen-bond acceptors (Lipinski definition) is 4. The van der Waals surface area contributed by atoms with Gasteiger partial charge in [0.15, 0.2) is 0 Å². The van der Waals surface area contributed by atoms with Gasteiger partial charge in [-0.3, -0.25) is 4.79 Å². The lowest BCUT2D eigenvalue weighted by molar-refractivity contribution is -0.138. The first-order chi connectivity index (χ1) is 8.16. The fraction of sp³-hybridized carbons (Fsp3) is 0.250. The molecule has 2 rings (SSSR count). The minimum atomic E-state index is -0.859. The lowest BCUT2D eigenvalue weighted by atomic mass is 9.99. The molecule has 0 spiro atoms. The van der Waals surface area contributed by atoms with Crippen LogP contribution in [-0.2, 0) is 11.2 Å². The van der Waals surface area contributed by atoms with Crippen molar-refractivity contribution in [2.75, 3.05) is 0 Å². The van der Waals surface area contributed by atoms with Crippen molar-refractivity contribution in [3.8, 4) is 0 Å². The van der Waals surface area contributed by atoms with Crippen LogP contribution in [0.15, 0.2) is 30.6 Å². The summed E-state index contributed by atoms with van der Waals surface area (Å²) < 4.78 is 3.85. The predicted molar refractivity (Wildman–Crippen MR) is 65.2 cm³/mol. The highest BCUT2D eigenvalue weighted by Crippen LogP contribution is 2.22. The molecule has 1 aromatic heterocycles. The van der Waals surface area contributed by atoms with Crippen molar-refractivity contribution in [2.45, 2.75) is 19.3 Å². The fourth-order valence-electron chi connectivity index (χ4n) is 1.58. The van der Waals surface area contributed by atoms with Gasteiger partial charge in [0.25, 0.3) is 0 Å². The number of aliphatic carboxylic acids is 1. The van der Waals surface area contributed by atoms with Gasteiger partial charge in [-0.15, -0.1) is 0 Å². The van der Waals surface area contributed by atoms with E-state index in [0.29, 0.717) is 11.4 Å². The maximum absolute atomic E-state index is 11.2. The van der Waals surface area contributed by atoms with Gasteiger partial charge >= 0.3 is 5.97 Å². The van der Waals surface area contributed by atoms with Gasteiger partial charge in [0.05, 0.1) is 0 Å². The Labute approximate surface area is 103 Å². The molecule has 1 N–H and O–H groups in total. The molecule has 88 valence electrons. The summed E-state index contributed by atoms with van der Waals surface area (Å²) in [4.78, 5) is 15.2. The second kappa shape index (κ2) is 5.05. The molecular formula is C12H12N2O2S. The van der Waals surface area contributed by atoms with Crippen molar-refractivity contribution in [3.63, 3.8) is 0 Å². The van der Waals surface area contributed by atoms with Crippen molar-refractivity contribution >= 4 is 17.5 Å². The summed E-state index contributed by atoms with van der Waals surface area (Å²) in [6.07, 6.45) is 1.84. The average molecular weight is 248 g/mol. The highest BCUT2D eigenvalue weighted by Gasteiger charge is 2.23. The van der Waals surface area contributed by atoms with Crippen LogP contribution in [0.1, 0.15) is 22.1 Å². The zero-order valence-electron chi connectivity index (χ0n) is 9.33. The van der Waals surface area contributed by atoms with E-state index in [4.69, 9.17) is 0 Å². The smallest absolute Gasteiger partial charge is 0.313 e. The Morgan fingerprint density at radius 2 is 2.12 bits per heavy atom. The van der Waals surface area contributed by atoms with Gasteiger partial charge in [-0.25, -0.2) is 4.98 Å². The lowest BCUT2D eigenvalue weighted by Crippen LogP contribution is -2.14. The number of carboxylic acid groups (broad SMARTS) is 1. The first-order valence-corrected chi connectivity index (χ1v) is 5.99. The second-order valence-corrected chi connectivity index (χ2v) is 4.67. The van der Waals surface area contributed by atoms with Gasteiger partial charge in [-0.1, -0.05) is 29.8 Å². The lowest BCUT2D eigenvalue weighted by Gasteiger charge is -2.08. The number of rotatable bonds is 4.